The summed E-state index contributed by atoms with van der Waals surface area (Å²) in [6.45, 7) is 1.66. The van der Waals surface area contributed by atoms with Crippen molar-refractivity contribution in [2.45, 2.75) is 24.3 Å². The maximum Gasteiger partial charge on any atom is 0.251 e. The predicted molar refractivity (Wildman–Crippen MR) is 120 cm³/mol. The Morgan fingerprint density at radius 1 is 1.03 bits per heavy atom. The second-order valence-corrected chi connectivity index (χ2v) is 9.56. The molecule has 0 saturated carbocycles. The van der Waals surface area contributed by atoms with Gasteiger partial charge in [0.1, 0.15) is 22.6 Å². The Morgan fingerprint density at radius 3 is 2.38 bits per heavy atom. The van der Waals surface area contributed by atoms with Gasteiger partial charge in [-0.15, -0.1) is 0 Å². The lowest BCUT2D eigenvalue weighted by molar-refractivity contribution is -0.122. The number of sulfonamides is 1. The molecule has 0 heterocycles. The lowest BCUT2D eigenvalue weighted by atomic mass is 10.1. The van der Waals surface area contributed by atoms with Gasteiger partial charge in [0.2, 0.25) is 15.9 Å². The molecule has 2 aromatic carbocycles. The number of aryl methyl sites for hydroxylation is 1. The van der Waals surface area contributed by atoms with Gasteiger partial charge < -0.3 is 10.6 Å². The maximum atomic E-state index is 13.9. The lowest BCUT2D eigenvalue weighted by Gasteiger charge is -2.18. The molecule has 1 unspecified atom stereocenters. The summed E-state index contributed by atoms with van der Waals surface area (Å²) in [5, 5.41) is 5.10. The number of hydrogen-bond donors (Lipinski definition) is 3. The average Bonchev–Trinajstić information content (AvgIpc) is 2.75. The molecule has 32 heavy (non-hydrogen) atoms. The summed E-state index contributed by atoms with van der Waals surface area (Å²) >= 11 is 1.43. The van der Waals surface area contributed by atoms with E-state index in [9.17, 15) is 26.8 Å². The molecule has 174 valence electrons. The topological polar surface area (TPSA) is 104 Å². The zero-order chi connectivity index (χ0) is 23.7. The number of nitrogens with one attached hydrogen (secondary N) is 3. The predicted octanol–water partition coefficient (Wildman–Crippen LogP) is 2.22. The third-order valence-electron chi connectivity index (χ3n) is 4.49. The van der Waals surface area contributed by atoms with Crippen LogP contribution in [0.1, 0.15) is 22.3 Å². The van der Waals surface area contributed by atoms with E-state index in [0.29, 0.717) is 11.3 Å². The van der Waals surface area contributed by atoms with Crippen molar-refractivity contribution < 1.29 is 26.8 Å². The van der Waals surface area contributed by atoms with E-state index in [2.05, 4.69) is 15.4 Å². The van der Waals surface area contributed by atoms with Gasteiger partial charge in [-0.1, -0.05) is 18.2 Å². The highest BCUT2D eigenvalue weighted by atomic mass is 32.2. The fraction of sp³-hybridized carbons (Fsp3) is 0.333. The second kappa shape index (κ2) is 11.9. The molecule has 11 heteroatoms. The quantitative estimate of drug-likeness (QED) is 0.424. The molecule has 3 N–H and O–H groups in total. The molecule has 2 aromatic rings. The first-order chi connectivity index (χ1) is 15.2. The fourth-order valence-corrected chi connectivity index (χ4v) is 4.49. The number of carbonyl (C=O) groups is 2. The molecule has 2 amide bonds. The number of carbonyl (C=O) groups excluding carboxylic acids is 2. The van der Waals surface area contributed by atoms with Gasteiger partial charge in [0.05, 0.1) is 0 Å². The average molecular weight is 486 g/mol. The van der Waals surface area contributed by atoms with Crippen molar-refractivity contribution in [1.82, 2.24) is 15.4 Å². The first kappa shape index (κ1) is 25.8. The molecule has 0 bridgehead atoms. The SMILES string of the molecule is CSCCC(NS(=O)(=O)c1ccccc1F)C(=O)NCCNC(=O)c1ccc(C)c(F)c1. The van der Waals surface area contributed by atoms with Gasteiger partial charge >= 0.3 is 0 Å². The summed E-state index contributed by atoms with van der Waals surface area (Å²) in [5.74, 6) is -2.02. The largest absolute Gasteiger partial charge is 0.353 e. The zero-order valence-corrected chi connectivity index (χ0v) is 19.3. The normalized spacial score (nSPS) is 12.2. The van der Waals surface area contributed by atoms with Crippen LogP contribution in [0.25, 0.3) is 0 Å². The van der Waals surface area contributed by atoms with Crippen molar-refractivity contribution >= 4 is 33.6 Å². The monoisotopic (exact) mass is 485 g/mol. The summed E-state index contributed by atoms with van der Waals surface area (Å²) < 4.78 is 54.8. The molecule has 0 aromatic heterocycles. The van der Waals surface area contributed by atoms with E-state index < -0.39 is 44.4 Å². The van der Waals surface area contributed by atoms with Crippen LogP contribution in [0.3, 0.4) is 0 Å². The maximum absolute atomic E-state index is 13.9. The van der Waals surface area contributed by atoms with Crippen LogP contribution in [-0.4, -0.2) is 51.4 Å². The van der Waals surface area contributed by atoms with Crippen molar-refractivity contribution in [2.75, 3.05) is 25.1 Å². The van der Waals surface area contributed by atoms with Crippen LogP contribution in [0.5, 0.6) is 0 Å². The highest BCUT2D eigenvalue weighted by Crippen LogP contribution is 2.15. The van der Waals surface area contributed by atoms with E-state index in [1.807, 2.05) is 6.26 Å². The lowest BCUT2D eigenvalue weighted by Crippen LogP contribution is -2.48. The van der Waals surface area contributed by atoms with E-state index in [1.54, 1.807) is 6.92 Å². The van der Waals surface area contributed by atoms with Gasteiger partial charge in [-0.2, -0.15) is 16.5 Å². The van der Waals surface area contributed by atoms with Crippen LogP contribution in [-0.2, 0) is 14.8 Å². The number of rotatable bonds is 11. The first-order valence-electron chi connectivity index (χ1n) is 9.73. The molecule has 0 aliphatic rings. The van der Waals surface area contributed by atoms with Crippen molar-refractivity contribution in [1.29, 1.82) is 0 Å². The molecule has 0 spiro atoms. The highest BCUT2D eigenvalue weighted by molar-refractivity contribution is 7.98. The van der Waals surface area contributed by atoms with Crippen LogP contribution >= 0.6 is 11.8 Å². The minimum absolute atomic E-state index is 0.0239. The molecule has 7 nitrogen and oxygen atoms in total. The van der Waals surface area contributed by atoms with Gasteiger partial charge in [0.15, 0.2) is 0 Å². The van der Waals surface area contributed by atoms with E-state index in [4.69, 9.17) is 0 Å². The molecule has 0 saturated heterocycles. The summed E-state index contributed by atoms with van der Waals surface area (Å²) in [5.41, 5.74) is 0.567. The molecular weight excluding hydrogens is 460 g/mol. The summed E-state index contributed by atoms with van der Waals surface area (Å²) in [7, 11) is -4.25. The van der Waals surface area contributed by atoms with Gasteiger partial charge in [0, 0.05) is 18.7 Å². The van der Waals surface area contributed by atoms with E-state index in [1.165, 1.54) is 36.0 Å². The minimum Gasteiger partial charge on any atom is -0.353 e. The molecule has 2 rings (SSSR count). The van der Waals surface area contributed by atoms with E-state index >= 15 is 0 Å². The molecule has 0 radical (unpaired) electrons. The van der Waals surface area contributed by atoms with E-state index in [0.717, 1.165) is 18.2 Å². The molecular formula is C21H25F2N3O4S2. The number of hydrogen-bond acceptors (Lipinski definition) is 5. The Labute approximate surface area is 190 Å². The van der Waals surface area contributed by atoms with Crippen molar-refractivity contribution in [2.24, 2.45) is 0 Å². The van der Waals surface area contributed by atoms with Crippen LogP contribution in [0.2, 0.25) is 0 Å². The van der Waals surface area contributed by atoms with E-state index in [-0.39, 0.29) is 25.1 Å². The molecule has 0 aliphatic heterocycles. The van der Waals surface area contributed by atoms with Gasteiger partial charge in [-0.3, -0.25) is 9.59 Å². The molecule has 0 aliphatic carbocycles. The Hall–Kier alpha value is -2.50. The minimum atomic E-state index is -4.25. The van der Waals surface area contributed by atoms with Crippen LogP contribution in [0.15, 0.2) is 47.4 Å². The van der Waals surface area contributed by atoms with Crippen LogP contribution in [0, 0.1) is 18.6 Å². The number of benzene rings is 2. The molecule has 0 fully saturated rings. The van der Waals surface area contributed by atoms with Crippen LogP contribution < -0.4 is 15.4 Å². The van der Waals surface area contributed by atoms with Crippen molar-refractivity contribution in [3.8, 4) is 0 Å². The summed E-state index contributed by atoms with van der Waals surface area (Å²) in [4.78, 5) is 24.1. The second-order valence-electron chi connectivity index (χ2n) is 6.90. The van der Waals surface area contributed by atoms with Gasteiger partial charge in [0.25, 0.3) is 5.91 Å². The Balaban J connectivity index is 1.94. The number of thioether (sulfide) groups is 1. The van der Waals surface area contributed by atoms with Crippen molar-refractivity contribution in [3.63, 3.8) is 0 Å². The van der Waals surface area contributed by atoms with Crippen LogP contribution in [0.4, 0.5) is 8.78 Å². The number of amides is 2. The Morgan fingerprint density at radius 2 is 1.72 bits per heavy atom. The smallest absolute Gasteiger partial charge is 0.251 e. The Bertz CT molecular complexity index is 1060. The van der Waals surface area contributed by atoms with Gasteiger partial charge in [-0.25, -0.2) is 17.2 Å². The third kappa shape index (κ3) is 7.28. The van der Waals surface area contributed by atoms with Crippen molar-refractivity contribution in [3.05, 3.63) is 65.2 Å². The molecule has 1 atom stereocenters. The highest BCUT2D eigenvalue weighted by Gasteiger charge is 2.27. The number of halogens is 2. The fourth-order valence-electron chi connectivity index (χ4n) is 2.71. The first-order valence-corrected chi connectivity index (χ1v) is 12.6. The zero-order valence-electron chi connectivity index (χ0n) is 17.7. The Kier molecular flexibility index (Phi) is 9.60. The van der Waals surface area contributed by atoms with Gasteiger partial charge in [-0.05, 0) is 55.2 Å². The third-order valence-corrected chi connectivity index (χ3v) is 6.64. The standard InChI is InChI=1S/C21H25F2N3O4S2/c1-14-7-8-15(13-17(14)23)20(27)24-10-11-25-21(28)18(9-12-31-2)26-32(29,30)19-6-4-3-5-16(19)22/h3-8,13,18,26H,9-12H2,1-2H3,(H,24,27)(H,25,28). The summed E-state index contributed by atoms with van der Waals surface area (Å²) in [6.07, 6.45) is 2.00. The summed E-state index contributed by atoms with van der Waals surface area (Å²) in [6, 6.07) is 7.88.